The number of aryl methyl sites for hydroxylation is 1. The molecule has 2 heterocycles. The summed E-state index contributed by atoms with van der Waals surface area (Å²) >= 11 is 6.46. The molecule has 11 heteroatoms. The first-order valence-corrected chi connectivity index (χ1v) is 15.9. The molecule has 0 radical (unpaired) electrons. The Morgan fingerprint density at radius 1 is 1.16 bits per heavy atom. The molecule has 1 aliphatic rings. The van der Waals surface area contributed by atoms with Crippen molar-refractivity contribution < 1.29 is 35.2 Å². The molecule has 196 valence electrons. The Hall–Kier alpha value is -3.51. The van der Waals surface area contributed by atoms with E-state index in [-0.39, 0.29) is 43.6 Å². The number of nitrogens with zero attached hydrogens (tertiary/aromatic N) is 3. The third-order valence-corrected chi connectivity index (χ3v) is 8.16. The number of rotatable bonds is 8. The first-order valence-electron chi connectivity index (χ1n) is 11.8. The maximum atomic E-state index is 13.6. The summed E-state index contributed by atoms with van der Waals surface area (Å²) in [4.78, 5) is 31.9. The Bertz CT molecular complexity index is 1540. The summed E-state index contributed by atoms with van der Waals surface area (Å²) in [7, 11) is 0. The first-order chi connectivity index (χ1) is 18.4. The maximum absolute atomic E-state index is 13.6. The van der Waals surface area contributed by atoms with Gasteiger partial charge in [-0.1, -0.05) is 0 Å². The molecule has 2 aromatic heterocycles. The van der Waals surface area contributed by atoms with Crippen molar-refractivity contribution >= 4 is 34.9 Å². The fourth-order valence-electron chi connectivity index (χ4n) is 4.46. The van der Waals surface area contributed by atoms with Gasteiger partial charge in [0.25, 0.3) is 5.91 Å². The van der Waals surface area contributed by atoms with Crippen LogP contribution < -0.4 is 37.6 Å². The number of benzene rings is 2. The Morgan fingerprint density at radius 3 is 2.68 bits per heavy atom. The fraction of sp³-hybridized carbons (Fsp3) is 0.185. The van der Waals surface area contributed by atoms with Crippen LogP contribution in [0.1, 0.15) is 32.0 Å². The van der Waals surface area contributed by atoms with Gasteiger partial charge in [-0.3, -0.25) is 4.79 Å². The molecule has 4 aromatic rings. The molecule has 1 aliphatic carbocycles. The van der Waals surface area contributed by atoms with Crippen LogP contribution in [0.5, 0.6) is 0 Å². The van der Waals surface area contributed by atoms with Crippen molar-refractivity contribution in [3.8, 4) is 16.9 Å². The van der Waals surface area contributed by atoms with Crippen molar-refractivity contribution in [1.82, 2.24) is 14.8 Å². The molecule has 2 amide bonds. The molecule has 38 heavy (non-hydrogen) atoms. The molecule has 0 unspecified atom stereocenters. The van der Waals surface area contributed by atoms with E-state index in [2.05, 4.69) is 25.6 Å². The number of aromatic nitrogens is 3. The molecule has 0 saturated carbocycles. The van der Waals surface area contributed by atoms with Crippen molar-refractivity contribution in [2.45, 2.75) is 12.8 Å². The van der Waals surface area contributed by atoms with Crippen molar-refractivity contribution in [3.05, 3.63) is 88.0 Å². The van der Waals surface area contributed by atoms with Gasteiger partial charge in [-0.2, -0.15) is 5.10 Å². The van der Waals surface area contributed by atoms with E-state index in [0.717, 1.165) is 27.7 Å². The number of alkyl halides is 2. The van der Waals surface area contributed by atoms with Gasteiger partial charge in [0.1, 0.15) is 5.82 Å². The number of nitrogens with one attached hydrogen (secondary N) is 2. The van der Waals surface area contributed by atoms with Crippen LogP contribution in [-0.4, -0.2) is 42.5 Å². The summed E-state index contributed by atoms with van der Waals surface area (Å²) in [5, 5.41) is 10.9. The Balaban J connectivity index is 1.50. The van der Waals surface area contributed by atoms with E-state index in [4.69, 9.17) is 17.3 Å². The van der Waals surface area contributed by atoms with Crippen LogP contribution in [0.15, 0.2) is 54.7 Å². The van der Waals surface area contributed by atoms with E-state index >= 15 is 0 Å². The summed E-state index contributed by atoms with van der Waals surface area (Å²) < 4.78 is 16.3. The number of fused-ring (bicyclic) bond motifs is 3. The predicted molar refractivity (Wildman–Crippen MR) is 141 cm³/mol. The van der Waals surface area contributed by atoms with Crippen LogP contribution in [0.2, 0.25) is 5.02 Å². The second kappa shape index (κ2) is 11.1. The quantitative estimate of drug-likeness (QED) is 0.152. The van der Waals surface area contributed by atoms with Crippen LogP contribution in [0.25, 0.3) is 16.9 Å². The molecule has 5 rings (SSSR count). The van der Waals surface area contributed by atoms with Crippen molar-refractivity contribution in [1.29, 1.82) is 0 Å². The third kappa shape index (κ3) is 5.23. The van der Waals surface area contributed by atoms with E-state index < -0.39 is 5.91 Å². The number of hydrogen-bond acceptors (Lipinski definition) is 5. The van der Waals surface area contributed by atoms with Crippen molar-refractivity contribution in [3.63, 3.8) is 0 Å². The molecule has 0 bridgehead atoms. The monoisotopic (exact) mass is 645 g/mol. The number of pyridine rings is 1. The average Bonchev–Trinajstić information content (AvgIpc) is 3.31. The molecule has 0 fully saturated rings. The first kappa shape index (κ1) is 26.1. The minimum absolute atomic E-state index is 0.159. The van der Waals surface area contributed by atoms with Crippen LogP contribution >= 0.6 is 11.6 Å². The van der Waals surface area contributed by atoms with Gasteiger partial charge in [0.05, 0.1) is 5.69 Å². The van der Waals surface area contributed by atoms with Crippen LogP contribution in [0, 0.1) is 5.82 Å². The summed E-state index contributed by atoms with van der Waals surface area (Å²) in [5.74, 6) is -0.790. The van der Waals surface area contributed by atoms with Gasteiger partial charge in [0.2, 0.25) is 0 Å². The molecule has 0 spiro atoms. The predicted octanol–water partition coefficient (Wildman–Crippen LogP) is 1.31. The molecule has 4 N–H and O–H groups in total. The zero-order valence-corrected chi connectivity index (χ0v) is 23.3. The molecule has 8 nitrogen and oxygen atoms in total. The molecule has 0 atom stereocenters. The Kier molecular flexibility index (Phi) is 7.61. The summed E-state index contributed by atoms with van der Waals surface area (Å²) in [6, 6.07) is 13.1. The van der Waals surface area contributed by atoms with Gasteiger partial charge in [-0.25, -0.2) is 9.07 Å². The molecular weight excluding hydrogens is 622 g/mol. The van der Waals surface area contributed by atoms with Gasteiger partial charge in [0, 0.05) is 5.56 Å². The molecular formula is C27H24ClFIN6O2-. The fourth-order valence-corrected chi connectivity index (χ4v) is 5.46. The molecule has 0 saturated heterocycles. The minimum atomic E-state index is -0.632. The molecule has 2 aromatic carbocycles. The number of amides is 2. The van der Waals surface area contributed by atoms with E-state index in [1.54, 1.807) is 22.9 Å². The van der Waals surface area contributed by atoms with Crippen molar-refractivity contribution in [2.24, 2.45) is 5.73 Å². The molecule has 0 aliphatic heterocycles. The zero-order valence-electron chi connectivity index (χ0n) is 20.4. The van der Waals surface area contributed by atoms with Gasteiger partial charge >= 0.3 is 144 Å². The van der Waals surface area contributed by atoms with E-state index in [1.807, 2.05) is 18.2 Å². The Labute approximate surface area is 234 Å². The van der Waals surface area contributed by atoms with E-state index in [0.29, 0.717) is 41.3 Å². The van der Waals surface area contributed by atoms with Crippen LogP contribution in [-0.2, 0) is 12.8 Å². The normalized spacial score (nSPS) is 12.1. The second-order valence-electron chi connectivity index (χ2n) is 8.69. The number of anilines is 2. The number of nitrogens with two attached hydrogens (primary N) is 1. The number of hydrogen-bond donors (Lipinski definition) is 3. The number of carbonyl (C=O) groups is 2. The number of primary amides is 1. The summed E-state index contributed by atoms with van der Waals surface area (Å²) in [5.41, 5.74) is 10.5. The van der Waals surface area contributed by atoms with Gasteiger partial charge < -0.3 is 5.73 Å². The summed E-state index contributed by atoms with van der Waals surface area (Å²) in [6.07, 6.45) is 2.72. The number of halogens is 3. The van der Waals surface area contributed by atoms with E-state index in [9.17, 15) is 14.0 Å². The SMILES string of the molecule is C[I-]CCNc1cc(C(=O)Nc2ccc3c(c2)-c2c(c(C(N)=O)nn2-c2ccc(F)cc2)CC3)c(Cl)cn1. The second-order valence-corrected chi connectivity index (χ2v) is 11.7. The van der Waals surface area contributed by atoms with E-state index in [1.165, 1.54) is 18.3 Å². The standard InChI is InChI=1S/C27H24ClFIN6O2/c1-30-10-11-32-23-13-21(22(28)14-33-23)27(38)34-17-6-2-15-3-9-19-24(26(31)37)35-36(25(19)20(15)12-17)18-7-4-16(29)5-8-18/h2,4-8,12-14H,3,9-11H2,1H3,(H2,31,37)(H,32,33)(H,34,38)/q-1. The Morgan fingerprint density at radius 2 is 1.95 bits per heavy atom. The van der Waals surface area contributed by atoms with Crippen LogP contribution in [0.3, 0.4) is 0 Å². The van der Waals surface area contributed by atoms with Crippen molar-refractivity contribution in [2.75, 3.05) is 26.5 Å². The summed E-state index contributed by atoms with van der Waals surface area (Å²) in [6.45, 7) is 0.793. The van der Waals surface area contributed by atoms with Gasteiger partial charge in [-0.15, -0.1) is 0 Å². The zero-order chi connectivity index (χ0) is 26.8. The topological polar surface area (TPSA) is 115 Å². The number of carbonyl (C=O) groups excluding carboxylic acids is 2. The van der Waals surface area contributed by atoms with Gasteiger partial charge in [0.15, 0.2) is 5.69 Å². The average molecular weight is 646 g/mol. The third-order valence-electron chi connectivity index (χ3n) is 6.24. The van der Waals surface area contributed by atoms with Crippen LogP contribution in [0.4, 0.5) is 15.9 Å². The van der Waals surface area contributed by atoms with Gasteiger partial charge in [-0.05, 0) is 37.1 Å².